The lowest BCUT2D eigenvalue weighted by Crippen LogP contribution is -2.48. The number of carbonyl (C=O) groups is 1. The maximum absolute atomic E-state index is 15.8. The Bertz CT molecular complexity index is 1650. The molecule has 3 aromatic rings. The Labute approximate surface area is 225 Å². The summed E-state index contributed by atoms with van der Waals surface area (Å²) in [4.78, 5) is 26.8. The number of halogens is 1. The number of nitrogens with zero attached hydrogens (tertiary/aromatic N) is 3. The lowest BCUT2D eigenvalue weighted by molar-refractivity contribution is 0.0694. The van der Waals surface area contributed by atoms with Gasteiger partial charge in [-0.3, -0.25) is 4.79 Å². The molecule has 0 amide bonds. The first-order valence-corrected chi connectivity index (χ1v) is 14.6. The van der Waals surface area contributed by atoms with E-state index in [2.05, 4.69) is 0 Å². The molecule has 0 spiro atoms. The molecular weight excluding hydrogens is 525 g/mol. The van der Waals surface area contributed by atoms with Gasteiger partial charge in [-0.2, -0.15) is 4.31 Å². The van der Waals surface area contributed by atoms with Crippen molar-refractivity contribution in [3.8, 4) is 5.75 Å². The van der Waals surface area contributed by atoms with Gasteiger partial charge in [-0.1, -0.05) is 17.7 Å². The van der Waals surface area contributed by atoms with Gasteiger partial charge in [0.15, 0.2) is 11.6 Å². The highest BCUT2D eigenvalue weighted by molar-refractivity contribution is 7.89. The van der Waals surface area contributed by atoms with E-state index in [1.165, 1.54) is 13.3 Å². The number of aromatic carboxylic acids is 1. The zero-order valence-electron chi connectivity index (χ0n) is 21.8. The van der Waals surface area contributed by atoms with Crippen molar-refractivity contribution in [3.05, 3.63) is 63.7 Å². The van der Waals surface area contributed by atoms with Crippen molar-refractivity contribution in [1.29, 1.82) is 0 Å². The second-order valence-corrected chi connectivity index (χ2v) is 12.6. The van der Waals surface area contributed by atoms with Gasteiger partial charge in [0.25, 0.3) is 0 Å². The lowest BCUT2D eigenvalue weighted by atomic mass is 9.94. The number of ether oxygens (including phenoxy) is 1. The smallest absolute Gasteiger partial charge is 0.341 e. The van der Waals surface area contributed by atoms with E-state index in [1.54, 1.807) is 33.1 Å². The number of benzene rings is 2. The highest BCUT2D eigenvalue weighted by Crippen LogP contribution is 2.46. The normalized spacial score (nSPS) is 21.8. The van der Waals surface area contributed by atoms with Gasteiger partial charge in [-0.05, 0) is 56.7 Å². The average Bonchev–Trinajstić information content (AvgIpc) is 3.66. The van der Waals surface area contributed by atoms with Crippen molar-refractivity contribution in [3.63, 3.8) is 0 Å². The maximum atomic E-state index is 15.8. The van der Waals surface area contributed by atoms with E-state index in [1.807, 2.05) is 11.8 Å². The predicted octanol–water partition coefficient (Wildman–Crippen LogP) is 3.78. The first-order valence-electron chi connectivity index (χ1n) is 13.1. The van der Waals surface area contributed by atoms with Crippen molar-refractivity contribution >= 4 is 32.6 Å². The summed E-state index contributed by atoms with van der Waals surface area (Å²) in [5.74, 6) is -1.90. The van der Waals surface area contributed by atoms with Crippen molar-refractivity contribution in [2.24, 2.45) is 5.92 Å². The summed E-state index contributed by atoms with van der Waals surface area (Å²) in [6.07, 6.45) is 4.47. The summed E-state index contributed by atoms with van der Waals surface area (Å²) in [5.41, 5.74) is 0.335. The fourth-order valence-corrected chi connectivity index (χ4v) is 7.91. The van der Waals surface area contributed by atoms with Gasteiger partial charge in [0.2, 0.25) is 15.5 Å². The molecule has 1 saturated carbocycles. The van der Waals surface area contributed by atoms with Crippen molar-refractivity contribution in [1.82, 2.24) is 8.87 Å². The van der Waals surface area contributed by atoms with Crippen LogP contribution in [0.15, 0.2) is 46.2 Å². The van der Waals surface area contributed by atoms with E-state index in [0.717, 1.165) is 30.9 Å². The Morgan fingerprint density at radius 3 is 2.49 bits per heavy atom. The topological polar surface area (TPSA) is 109 Å². The maximum Gasteiger partial charge on any atom is 0.341 e. The number of piperidine rings is 1. The number of methoxy groups -OCH3 is 1. The highest BCUT2D eigenvalue weighted by Gasteiger charge is 2.45. The third-order valence-electron chi connectivity index (χ3n) is 8.25. The molecule has 2 atom stereocenters. The number of anilines is 1. The van der Waals surface area contributed by atoms with Crippen LogP contribution in [0.3, 0.4) is 0 Å². The van der Waals surface area contributed by atoms with Crippen LogP contribution in [0.25, 0.3) is 10.9 Å². The number of carboxylic acids is 1. The highest BCUT2D eigenvalue weighted by atomic mass is 32.2. The van der Waals surface area contributed by atoms with Crippen LogP contribution in [0.2, 0.25) is 0 Å². The molecular formula is C28H30FN3O6S. The minimum Gasteiger partial charge on any atom is -0.492 e. The first-order chi connectivity index (χ1) is 18.6. The summed E-state index contributed by atoms with van der Waals surface area (Å²) >= 11 is 0. The summed E-state index contributed by atoms with van der Waals surface area (Å²) in [6.45, 7) is 3.00. The number of fused-ring (bicyclic) bond motifs is 2. The third-order valence-corrected chi connectivity index (χ3v) is 10.2. The molecule has 1 aromatic heterocycles. The molecule has 6 rings (SSSR count). The SMILES string of the molecule is COc1c(N2C[C@H]3CCCN(S(=O)(=O)c4ccc(C)cc4)[C@H]3C2)c(F)cc2c(=O)c(C(=O)O)cn(C3CC3)c12. The third kappa shape index (κ3) is 4.19. The molecule has 2 aliphatic heterocycles. The minimum atomic E-state index is -3.75. The Morgan fingerprint density at radius 2 is 1.85 bits per heavy atom. The zero-order chi connectivity index (χ0) is 27.6. The molecule has 0 unspecified atom stereocenters. The Kier molecular flexibility index (Phi) is 6.18. The number of carboxylic acid groups (broad SMARTS) is 1. The zero-order valence-corrected chi connectivity index (χ0v) is 22.6. The van der Waals surface area contributed by atoms with Gasteiger partial charge in [0.05, 0.1) is 22.9 Å². The van der Waals surface area contributed by atoms with Crippen LogP contribution >= 0.6 is 0 Å². The van der Waals surface area contributed by atoms with Gasteiger partial charge in [-0.15, -0.1) is 0 Å². The summed E-state index contributed by atoms with van der Waals surface area (Å²) in [5, 5.41) is 9.54. The van der Waals surface area contributed by atoms with Crippen LogP contribution in [-0.4, -0.2) is 61.2 Å². The van der Waals surface area contributed by atoms with E-state index >= 15 is 4.39 Å². The van der Waals surface area contributed by atoms with E-state index < -0.39 is 32.8 Å². The largest absolute Gasteiger partial charge is 0.492 e. The van der Waals surface area contributed by atoms with Gasteiger partial charge in [-0.25, -0.2) is 17.6 Å². The van der Waals surface area contributed by atoms with Crippen molar-refractivity contribution in [2.45, 2.75) is 49.6 Å². The van der Waals surface area contributed by atoms with Crippen molar-refractivity contribution in [2.75, 3.05) is 31.6 Å². The van der Waals surface area contributed by atoms with Crippen LogP contribution in [-0.2, 0) is 10.0 Å². The molecule has 3 aliphatic rings. The molecule has 0 radical (unpaired) electrons. The second kappa shape index (κ2) is 9.34. The molecule has 0 bridgehead atoms. The quantitative estimate of drug-likeness (QED) is 0.493. The fourth-order valence-electron chi connectivity index (χ4n) is 6.19. The summed E-state index contributed by atoms with van der Waals surface area (Å²) in [6, 6.07) is 7.55. The van der Waals surface area contributed by atoms with E-state index in [0.29, 0.717) is 25.0 Å². The Morgan fingerprint density at radius 1 is 1.13 bits per heavy atom. The standard InChI is InChI=1S/C28H30FN3O6S/c1-16-5-9-19(10-6-16)39(36,37)32-11-3-4-17-13-30(15-23(17)32)25-22(29)12-20-24(27(25)38-2)31(18-7-8-18)14-21(26(20)33)28(34)35/h5-6,9-10,12,14,17-18,23H,3-4,7-8,11,13,15H2,1-2H3,(H,34,35)/t17-,23+/m1/s1. The molecule has 9 nitrogen and oxygen atoms in total. The van der Waals surface area contributed by atoms with Gasteiger partial charge >= 0.3 is 5.97 Å². The summed E-state index contributed by atoms with van der Waals surface area (Å²) in [7, 11) is -2.34. The Balaban J connectivity index is 1.44. The lowest BCUT2D eigenvalue weighted by Gasteiger charge is -2.35. The van der Waals surface area contributed by atoms with Crippen LogP contribution in [0.1, 0.15) is 47.6 Å². The molecule has 3 heterocycles. The number of sulfonamides is 1. The monoisotopic (exact) mass is 555 g/mol. The van der Waals surface area contributed by atoms with Crippen LogP contribution in [0.5, 0.6) is 5.75 Å². The molecule has 206 valence electrons. The molecule has 2 aromatic carbocycles. The van der Waals surface area contributed by atoms with Gasteiger partial charge in [0, 0.05) is 37.9 Å². The van der Waals surface area contributed by atoms with Crippen LogP contribution in [0.4, 0.5) is 10.1 Å². The first kappa shape index (κ1) is 25.8. The molecule has 1 aliphatic carbocycles. The number of aryl methyl sites for hydroxylation is 1. The second-order valence-electron chi connectivity index (χ2n) is 10.8. The van der Waals surface area contributed by atoms with Gasteiger partial charge < -0.3 is 19.3 Å². The van der Waals surface area contributed by atoms with Crippen molar-refractivity contribution < 1.29 is 27.4 Å². The number of rotatable bonds is 6. The van der Waals surface area contributed by atoms with E-state index in [9.17, 15) is 23.1 Å². The predicted molar refractivity (Wildman–Crippen MR) is 144 cm³/mol. The average molecular weight is 556 g/mol. The number of aromatic nitrogens is 1. The molecule has 11 heteroatoms. The minimum absolute atomic E-state index is 0.00112. The molecule has 39 heavy (non-hydrogen) atoms. The van der Waals surface area contributed by atoms with Gasteiger partial charge in [0.1, 0.15) is 11.3 Å². The van der Waals surface area contributed by atoms with E-state index in [4.69, 9.17) is 4.74 Å². The molecule has 2 saturated heterocycles. The summed E-state index contributed by atoms with van der Waals surface area (Å²) < 4.78 is 52.1. The van der Waals surface area contributed by atoms with E-state index in [-0.39, 0.29) is 46.3 Å². The number of hydrogen-bond donors (Lipinski definition) is 1. The Hall–Kier alpha value is -3.44. The number of hydrogen-bond acceptors (Lipinski definition) is 6. The van der Waals surface area contributed by atoms with Crippen LogP contribution < -0.4 is 15.1 Å². The van der Waals surface area contributed by atoms with Crippen LogP contribution in [0, 0.1) is 18.7 Å². The fraction of sp³-hybridized carbons (Fsp3) is 0.429. The molecule has 1 N–H and O–H groups in total. The number of pyridine rings is 1. The molecule has 3 fully saturated rings.